The minimum atomic E-state index is 0.0100. The molecule has 3 nitrogen and oxygen atoms in total. The van der Waals surface area contributed by atoms with Gasteiger partial charge in [-0.2, -0.15) is 0 Å². The Balaban J connectivity index is 4.03. The van der Waals surface area contributed by atoms with Crippen LogP contribution in [0.4, 0.5) is 0 Å². The van der Waals surface area contributed by atoms with Crippen LogP contribution in [0.1, 0.15) is 207 Å². The van der Waals surface area contributed by atoms with E-state index in [9.17, 15) is 4.79 Å². The third-order valence-electron chi connectivity index (χ3n) is 9.41. The highest BCUT2D eigenvalue weighted by molar-refractivity contribution is 5.69. The van der Waals surface area contributed by atoms with Crippen LogP contribution in [0, 0.1) is 5.92 Å². The Hall–Kier alpha value is -1.35. The van der Waals surface area contributed by atoms with Gasteiger partial charge in [-0.3, -0.25) is 4.79 Å². The lowest BCUT2D eigenvalue weighted by atomic mass is 9.99. The zero-order valence-corrected chi connectivity index (χ0v) is 32.6. The molecule has 3 heteroatoms. The number of ether oxygens (including phenoxy) is 1. The topological polar surface area (TPSA) is 29.5 Å². The minimum Gasteiger partial charge on any atom is -0.462 e. The first-order valence-electron chi connectivity index (χ1n) is 20.8. The molecule has 0 spiro atoms. The molecule has 276 valence electrons. The first kappa shape index (κ1) is 45.6. The molecule has 0 saturated heterocycles. The second kappa shape index (κ2) is 37.5. The van der Waals surface area contributed by atoms with Gasteiger partial charge in [0.05, 0.1) is 0 Å². The molecule has 0 radical (unpaired) electrons. The number of unbranched alkanes of at least 4 members (excludes halogenated alkanes) is 18. The maximum atomic E-state index is 12.5. The summed E-state index contributed by atoms with van der Waals surface area (Å²) in [5, 5.41) is 0. The molecular weight excluding hydrogens is 574 g/mol. The van der Waals surface area contributed by atoms with Crippen molar-refractivity contribution in [1.82, 2.24) is 4.90 Å². The van der Waals surface area contributed by atoms with Crippen LogP contribution in [0.2, 0.25) is 0 Å². The Morgan fingerprint density at radius 2 is 1.00 bits per heavy atom. The second-order valence-electron chi connectivity index (χ2n) is 14.8. The fourth-order valence-electron chi connectivity index (χ4n) is 6.23. The predicted octanol–water partition coefficient (Wildman–Crippen LogP) is 14.1. The number of rotatable bonds is 36. The SMILES string of the molecule is CCCCC/C=C\C/C=C\CCCCCCCCC(CCCCCCCC/C=C\CC(C)CCCCCC)OC(=O)CCCN(C)C. The van der Waals surface area contributed by atoms with E-state index in [1.54, 1.807) is 0 Å². The number of hydrogen-bond acceptors (Lipinski definition) is 3. The first-order chi connectivity index (χ1) is 23.0. The standard InChI is InChI=1S/C44H83NO2/c1-6-8-10-12-13-14-15-16-17-18-19-20-23-26-29-33-38-43(47-44(46)40-35-41-45(4)5)39-34-30-27-24-21-22-25-28-32-37-42(3)36-31-11-9-7-2/h13-14,16-17,28,32,42-43H,6-12,15,18-27,29-31,33-41H2,1-5H3/b14-13-,17-16-,32-28-. The van der Waals surface area contributed by atoms with Gasteiger partial charge in [0.1, 0.15) is 6.10 Å². The van der Waals surface area contributed by atoms with Gasteiger partial charge in [-0.1, -0.05) is 154 Å². The highest BCUT2D eigenvalue weighted by Gasteiger charge is 2.14. The van der Waals surface area contributed by atoms with Gasteiger partial charge >= 0.3 is 5.97 Å². The Bertz CT molecular complexity index is 724. The first-order valence-corrected chi connectivity index (χ1v) is 20.8. The maximum absolute atomic E-state index is 12.5. The van der Waals surface area contributed by atoms with E-state index in [1.165, 1.54) is 154 Å². The van der Waals surface area contributed by atoms with E-state index in [-0.39, 0.29) is 12.1 Å². The summed E-state index contributed by atoms with van der Waals surface area (Å²) in [5.41, 5.74) is 0. The lowest BCUT2D eigenvalue weighted by Gasteiger charge is -2.18. The number of esters is 1. The van der Waals surface area contributed by atoms with E-state index in [0.717, 1.165) is 38.1 Å². The molecule has 47 heavy (non-hydrogen) atoms. The second-order valence-corrected chi connectivity index (χ2v) is 14.8. The molecule has 0 saturated carbocycles. The van der Waals surface area contributed by atoms with Gasteiger partial charge in [0, 0.05) is 6.42 Å². The van der Waals surface area contributed by atoms with Crippen molar-refractivity contribution in [3.05, 3.63) is 36.5 Å². The average molecular weight is 658 g/mol. The van der Waals surface area contributed by atoms with Gasteiger partial charge in [0.15, 0.2) is 0 Å². The quantitative estimate of drug-likeness (QED) is 0.0381. The molecule has 0 aromatic carbocycles. The number of nitrogens with zero attached hydrogens (tertiary/aromatic N) is 1. The molecule has 0 aromatic heterocycles. The normalized spacial score (nSPS) is 13.5. The van der Waals surface area contributed by atoms with Gasteiger partial charge in [0.2, 0.25) is 0 Å². The lowest BCUT2D eigenvalue weighted by molar-refractivity contribution is -0.150. The summed E-state index contributed by atoms with van der Waals surface area (Å²) in [6.07, 6.45) is 50.3. The van der Waals surface area contributed by atoms with Crippen molar-refractivity contribution < 1.29 is 9.53 Å². The molecule has 0 aliphatic carbocycles. The van der Waals surface area contributed by atoms with Crippen LogP contribution in [-0.4, -0.2) is 37.6 Å². The zero-order valence-electron chi connectivity index (χ0n) is 32.6. The van der Waals surface area contributed by atoms with Crippen molar-refractivity contribution >= 4 is 5.97 Å². The fraction of sp³-hybridized carbons (Fsp3) is 0.841. The van der Waals surface area contributed by atoms with Crippen molar-refractivity contribution in [3.8, 4) is 0 Å². The molecule has 0 aliphatic heterocycles. The summed E-state index contributed by atoms with van der Waals surface area (Å²) in [6.45, 7) is 7.90. The van der Waals surface area contributed by atoms with Gasteiger partial charge in [0.25, 0.3) is 0 Å². The summed E-state index contributed by atoms with van der Waals surface area (Å²) in [7, 11) is 4.13. The zero-order chi connectivity index (χ0) is 34.5. The van der Waals surface area contributed by atoms with Crippen LogP contribution >= 0.6 is 0 Å². The summed E-state index contributed by atoms with van der Waals surface area (Å²) in [4.78, 5) is 14.7. The highest BCUT2D eigenvalue weighted by Crippen LogP contribution is 2.19. The van der Waals surface area contributed by atoms with E-state index in [4.69, 9.17) is 4.74 Å². The Kier molecular flexibility index (Phi) is 36.4. The summed E-state index contributed by atoms with van der Waals surface area (Å²) in [5.74, 6) is 0.848. The minimum absolute atomic E-state index is 0.0100. The molecule has 2 atom stereocenters. The number of carbonyl (C=O) groups excluding carboxylic acids is 1. The molecule has 0 heterocycles. The van der Waals surface area contributed by atoms with Crippen molar-refractivity contribution in [1.29, 1.82) is 0 Å². The van der Waals surface area contributed by atoms with Crippen molar-refractivity contribution in [2.75, 3.05) is 20.6 Å². The highest BCUT2D eigenvalue weighted by atomic mass is 16.5. The Morgan fingerprint density at radius 3 is 1.55 bits per heavy atom. The third kappa shape index (κ3) is 37.3. The third-order valence-corrected chi connectivity index (χ3v) is 9.41. The molecule has 0 rings (SSSR count). The lowest BCUT2D eigenvalue weighted by Crippen LogP contribution is -2.20. The summed E-state index contributed by atoms with van der Waals surface area (Å²) in [6, 6.07) is 0. The van der Waals surface area contributed by atoms with Crippen LogP contribution in [0.15, 0.2) is 36.5 Å². The summed E-state index contributed by atoms with van der Waals surface area (Å²) < 4.78 is 6.01. The number of allylic oxidation sites excluding steroid dienone is 6. The van der Waals surface area contributed by atoms with Crippen molar-refractivity contribution in [2.24, 2.45) is 5.92 Å². The Morgan fingerprint density at radius 1 is 0.553 bits per heavy atom. The smallest absolute Gasteiger partial charge is 0.306 e. The maximum Gasteiger partial charge on any atom is 0.306 e. The van der Waals surface area contributed by atoms with Gasteiger partial charge in [-0.15, -0.1) is 0 Å². The molecular formula is C44H83NO2. The van der Waals surface area contributed by atoms with Crippen molar-refractivity contribution in [3.63, 3.8) is 0 Å². The molecule has 0 fully saturated rings. The molecule has 0 amide bonds. The Labute approximate surface area is 295 Å². The number of carbonyl (C=O) groups is 1. The molecule has 0 aromatic rings. The van der Waals surface area contributed by atoms with Gasteiger partial charge in [-0.25, -0.2) is 0 Å². The molecule has 0 aliphatic rings. The predicted molar refractivity (Wildman–Crippen MR) is 210 cm³/mol. The van der Waals surface area contributed by atoms with E-state index >= 15 is 0 Å². The summed E-state index contributed by atoms with van der Waals surface area (Å²) >= 11 is 0. The molecule has 0 N–H and O–H groups in total. The average Bonchev–Trinajstić information content (AvgIpc) is 3.05. The van der Waals surface area contributed by atoms with Gasteiger partial charge < -0.3 is 9.64 Å². The van der Waals surface area contributed by atoms with E-state index < -0.39 is 0 Å². The largest absolute Gasteiger partial charge is 0.462 e. The fourth-order valence-corrected chi connectivity index (χ4v) is 6.23. The number of hydrogen-bond donors (Lipinski definition) is 0. The van der Waals surface area contributed by atoms with Crippen LogP contribution in [0.5, 0.6) is 0 Å². The van der Waals surface area contributed by atoms with Crippen molar-refractivity contribution in [2.45, 2.75) is 213 Å². The monoisotopic (exact) mass is 658 g/mol. The van der Waals surface area contributed by atoms with Crippen LogP contribution in [0.25, 0.3) is 0 Å². The van der Waals surface area contributed by atoms with E-state index in [1.807, 2.05) is 0 Å². The van der Waals surface area contributed by atoms with E-state index in [2.05, 4.69) is 76.2 Å². The van der Waals surface area contributed by atoms with Gasteiger partial charge in [-0.05, 0) is 110 Å². The van der Waals surface area contributed by atoms with Crippen LogP contribution < -0.4 is 0 Å². The van der Waals surface area contributed by atoms with Crippen LogP contribution in [0.3, 0.4) is 0 Å². The van der Waals surface area contributed by atoms with E-state index in [0.29, 0.717) is 6.42 Å². The molecule has 0 bridgehead atoms. The molecule has 2 unspecified atom stereocenters. The van der Waals surface area contributed by atoms with Crippen LogP contribution in [-0.2, 0) is 9.53 Å².